The summed E-state index contributed by atoms with van der Waals surface area (Å²) in [5, 5.41) is 7.10. The van der Waals surface area contributed by atoms with Gasteiger partial charge in [-0.1, -0.05) is 62.4 Å². The Morgan fingerprint density at radius 3 is 1.32 bits per heavy atom. The molecule has 2 aromatic heterocycles. The molecule has 2 aliphatic heterocycles. The van der Waals surface area contributed by atoms with Crippen LogP contribution in [0.1, 0.15) is 50.4 Å². The van der Waals surface area contributed by atoms with E-state index in [1.807, 2.05) is 12.4 Å². The zero-order valence-corrected chi connectivity index (χ0v) is 19.8. The largest absolute Gasteiger partial charge is 0.347 e. The second-order valence-corrected chi connectivity index (χ2v) is 9.89. The maximum Gasteiger partial charge on any atom is 0.124 e. The lowest BCUT2D eigenvalue weighted by Gasteiger charge is -2.12. The third-order valence-electron chi connectivity index (χ3n) is 7.55. The Morgan fingerprint density at radius 1 is 0.588 bits per heavy atom. The Bertz CT molecular complexity index is 1150. The lowest BCUT2D eigenvalue weighted by atomic mass is 10.0. The van der Waals surface area contributed by atoms with Gasteiger partial charge in [0.25, 0.3) is 0 Å². The number of imidazole rings is 2. The minimum absolute atomic E-state index is 0.329. The summed E-state index contributed by atoms with van der Waals surface area (Å²) in [6.45, 7) is 6.69. The predicted molar refractivity (Wildman–Crippen MR) is 136 cm³/mol. The summed E-state index contributed by atoms with van der Waals surface area (Å²) in [5.74, 6) is 3.31. The van der Waals surface area contributed by atoms with E-state index in [9.17, 15) is 0 Å². The molecule has 4 N–H and O–H groups in total. The highest BCUT2D eigenvalue weighted by Gasteiger charge is 2.27. The smallest absolute Gasteiger partial charge is 0.124 e. The fourth-order valence-electron chi connectivity index (χ4n) is 5.36. The summed E-state index contributed by atoms with van der Waals surface area (Å²) in [7, 11) is 0. The first-order chi connectivity index (χ1) is 16.7. The van der Waals surface area contributed by atoms with Crippen molar-refractivity contribution in [2.45, 2.75) is 38.8 Å². The van der Waals surface area contributed by atoms with Crippen molar-refractivity contribution in [1.82, 2.24) is 30.6 Å². The molecule has 0 unspecified atom stereocenters. The first-order valence-electron chi connectivity index (χ1n) is 12.4. The quantitative estimate of drug-likeness (QED) is 0.323. The van der Waals surface area contributed by atoms with E-state index in [1.165, 1.54) is 24.0 Å². The van der Waals surface area contributed by atoms with Gasteiger partial charge >= 0.3 is 0 Å². The molecule has 2 aliphatic rings. The molecule has 4 heterocycles. The average molecular weight is 453 g/mol. The van der Waals surface area contributed by atoms with E-state index in [1.54, 1.807) is 0 Å². The number of nitrogens with zero attached hydrogens (tertiary/aromatic N) is 2. The molecule has 2 fully saturated rings. The SMILES string of the molecule is C[C@H]1CCN[C@@H]1c1nc(-c2ccc(-c3ccc(-c4c[nH]c([C@H]5NCC[C@@H]5C)n4)cc3)cc2)c[nH]1. The lowest BCUT2D eigenvalue weighted by molar-refractivity contribution is 0.483. The molecule has 4 atom stereocenters. The predicted octanol–water partition coefficient (Wildman–Crippen LogP) is 5.47. The van der Waals surface area contributed by atoms with Crippen molar-refractivity contribution in [1.29, 1.82) is 0 Å². The molecule has 0 aliphatic carbocycles. The van der Waals surface area contributed by atoms with Gasteiger partial charge in [-0.25, -0.2) is 9.97 Å². The zero-order valence-electron chi connectivity index (χ0n) is 19.8. The van der Waals surface area contributed by atoms with Crippen molar-refractivity contribution < 1.29 is 0 Å². The summed E-state index contributed by atoms with van der Waals surface area (Å²) in [5.41, 5.74) is 6.66. The van der Waals surface area contributed by atoms with Crippen LogP contribution in [0.5, 0.6) is 0 Å². The number of H-pyrrole nitrogens is 2. The number of aromatic amines is 2. The van der Waals surface area contributed by atoms with Crippen molar-refractivity contribution in [3.63, 3.8) is 0 Å². The van der Waals surface area contributed by atoms with Crippen LogP contribution in [0.2, 0.25) is 0 Å². The third kappa shape index (κ3) is 3.97. The highest BCUT2D eigenvalue weighted by atomic mass is 15.1. The monoisotopic (exact) mass is 452 g/mol. The van der Waals surface area contributed by atoms with Crippen LogP contribution in [0.25, 0.3) is 33.6 Å². The Hall–Kier alpha value is -3.22. The molecule has 0 spiro atoms. The Balaban J connectivity index is 1.16. The number of hydrogen-bond donors (Lipinski definition) is 4. The minimum atomic E-state index is 0.329. The number of hydrogen-bond acceptors (Lipinski definition) is 4. The summed E-state index contributed by atoms with van der Waals surface area (Å²) in [6.07, 6.45) is 6.44. The molecule has 6 heteroatoms. The van der Waals surface area contributed by atoms with Gasteiger partial charge in [0.05, 0.1) is 23.5 Å². The van der Waals surface area contributed by atoms with Gasteiger partial charge in [-0.15, -0.1) is 0 Å². The second kappa shape index (κ2) is 8.85. The van der Waals surface area contributed by atoms with Gasteiger partial charge in [0, 0.05) is 23.5 Å². The molecule has 0 radical (unpaired) electrons. The van der Waals surface area contributed by atoms with Crippen LogP contribution in [-0.4, -0.2) is 33.0 Å². The third-order valence-corrected chi connectivity index (χ3v) is 7.55. The molecular formula is C28H32N6. The van der Waals surface area contributed by atoms with Crippen LogP contribution in [-0.2, 0) is 0 Å². The molecular weight excluding hydrogens is 420 g/mol. The molecule has 2 saturated heterocycles. The van der Waals surface area contributed by atoms with Crippen LogP contribution in [0.3, 0.4) is 0 Å². The minimum Gasteiger partial charge on any atom is -0.347 e. The number of nitrogens with one attached hydrogen (secondary N) is 4. The highest BCUT2D eigenvalue weighted by molar-refractivity contribution is 5.71. The molecule has 0 saturated carbocycles. The average Bonchev–Trinajstić information content (AvgIpc) is 3.66. The second-order valence-electron chi connectivity index (χ2n) is 9.89. The van der Waals surface area contributed by atoms with E-state index in [4.69, 9.17) is 9.97 Å². The molecule has 6 rings (SSSR count). The molecule has 4 aromatic rings. The number of aromatic nitrogens is 4. The fraction of sp³-hybridized carbons (Fsp3) is 0.357. The zero-order chi connectivity index (χ0) is 23.1. The van der Waals surface area contributed by atoms with Crippen molar-refractivity contribution >= 4 is 0 Å². The normalized spacial score (nSPS) is 24.6. The molecule has 6 nitrogen and oxygen atoms in total. The van der Waals surface area contributed by atoms with Crippen LogP contribution >= 0.6 is 0 Å². The molecule has 0 amide bonds. The van der Waals surface area contributed by atoms with Gasteiger partial charge in [0.1, 0.15) is 11.6 Å². The van der Waals surface area contributed by atoms with Crippen LogP contribution < -0.4 is 10.6 Å². The topological polar surface area (TPSA) is 81.4 Å². The standard InChI is InChI=1S/C28H32N6/c1-17-11-13-29-25(17)27-31-15-23(33-27)21-7-3-19(4-8-21)20-5-9-22(10-6-20)24-16-32-28(34-24)26-18(2)12-14-30-26/h3-10,15-18,25-26,29-30H,11-14H2,1-2H3,(H,31,33)(H,32,34)/t17-,18-,25-,26-/m0/s1. The summed E-state index contributed by atoms with van der Waals surface area (Å²) >= 11 is 0. The molecule has 2 aromatic carbocycles. The van der Waals surface area contributed by atoms with Crippen molar-refractivity contribution in [2.24, 2.45) is 11.8 Å². The van der Waals surface area contributed by atoms with E-state index >= 15 is 0 Å². The van der Waals surface area contributed by atoms with E-state index in [0.717, 1.165) is 47.3 Å². The summed E-state index contributed by atoms with van der Waals surface area (Å²) < 4.78 is 0. The maximum atomic E-state index is 4.86. The molecule has 34 heavy (non-hydrogen) atoms. The molecule has 174 valence electrons. The van der Waals surface area contributed by atoms with E-state index in [2.05, 4.69) is 83.0 Å². The van der Waals surface area contributed by atoms with Gasteiger partial charge in [-0.2, -0.15) is 0 Å². The van der Waals surface area contributed by atoms with E-state index in [0.29, 0.717) is 23.9 Å². The van der Waals surface area contributed by atoms with Crippen molar-refractivity contribution in [3.05, 3.63) is 72.6 Å². The summed E-state index contributed by atoms with van der Waals surface area (Å²) in [4.78, 5) is 16.5. The Kier molecular flexibility index (Phi) is 5.55. The Morgan fingerprint density at radius 2 is 0.971 bits per heavy atom. The van der Waals surface area contributed by atoms with Crippen molar-refractivity contribution in [3.8, 4) is 33.6 Å². The van der Waals surface area contributed by atoms with Crippen LogP contribution in [0, 0.1) is 11.8 Å². The molecule has 0 bridgehead atoms. The highest BCUT2D eigenvalue weighted by Crippen LogP contribution is 2.31. The van der Waals surface area contributed by atoms with Gasteiger partial charge in [-0.3, -0.25) is 0 Å². The summed E-state index contributed by atoms with van der Waals surface area (Å²) in [6, 6.07) is 18.0. The first kappa shape index (κ1) is 21.3. The maximum absolute atomic E-state index is 4.86. The van der Waals surface area contributed by atoms with Gasteiger partial charge < -0.3 is 20.6 Å². The number of rotatable bonds is 5. The first-order valence-corrected chi connectivity index (χ1v) is 12.4. The lowest BCUT2D eigenvalue weighted by Crippen LogP contribution is -2.17. The fourth-order valence-corrected chi connectivity index (χ4v) is 5.36. The van der Waals surface area contributed by atoms with Crippen LogP contribution in [0.4, 0.5) is 0 Å². The van der Waals surface area contributed by atoms with Gasteiger partial charge in [-0.05, 0) is 48.9 Å². The van der Waals surface area contributed by atoms with Crippen LogP contribution in [0.15, 0.2) is 60.9 Å². The Labute approximate surface area is 200 Å². The van der Waals surface area contributed by atoms with E-state index < -0.39 is 0 Å². The van der Waals surface area contributed by atoms with E-state index in [-0.39, 0.29) is 0 Å². The van der Waals surface area contributed by atoms with Gasteiger partial charge in [0.15, 0.2) is 0 Å². The van der Waals surface area contributed by atoms with Crippen molar-refractivity contribution in [2.75, 3.05) is 13.1 Å². The van der Waals surface area contributed by atoms with Gasteiger partial charge in [0.2, 0.25) is 0 Å². The number of benzene rings is 2.